The number of rotatable bonds is 3. The van der Waals surface area contributed by atoms with Gasteiger partial charge < -0.3 is 9.84 Å². The Morgan fingerprint density at radius 1 is 1.34 bits per heavy atom. The molecule has 1 aliphatic rings. The Morgan fingerprint density at radius 2 is 2.10 bits per heavy atom. The SMILES string of the molecule is Cn1cc(-n2nc(-c3ccc(Cl)cc3)cc(C(=O)N=C3COC[C@@H]3O)c2=O)cn1. The van der Waals surface area contributed by atoms with Gasteiger partial charge in [0.2, 0.25) is 0 Å². The van der Waals surface area contributed by atoms with Crippen molar-refractivity contribution in [2.45, 2.75) is 6.10 Å². The molecule has 0 spiro atoms. The van der Waals surface area contributed by atoms with Crippen LogP contribution in [0.25, 0.3) is 16.9 Å². The fraction of sp³-hybridized carbons (Fsp3) is 0.211. The van der Waals surface area contributed by atoms with Crippen molar-refractivity contribution in [2.75, 3.05) is 13.2 Å². The first-order valence-corrected chi connectivity index (χ1v) is 9.07. The minimum absolute atomic E-state index is 0.0405. The molecule has 1 saturated heterocycles. The van der Waals surface area contributed by atoms with E-state index in [9.17, 15) is 14.7 Å². The summed E-state index contributed by atoms with van der Waals surface area (Å²) in [5.74, 6) is -0.773. The van der Waals surface area contributed by atoms with Crippen LogP contribution in [-0.4, -0.2) is 55.6 Å². The molecule has 1 amide bonds. The molecule has 2 aromatic heterocycles. The summed E-state index contributed by atoms with van der Waals surface area (Å²) in [5.41, 5.74) is 0.820. The largest absolute Gasteiger partial charge is 0.385 e. The van der Waals surface area contributed by atoms with Gasteiger partial charge in [-0.1, -0.05) is 23.7 Å². The molecule has 1 aliphatic heterocycles. The summed E-state index contributed by atoms with van der Waals surface area (Å²) in [6.45, 7) is 0.108. The number of aliphatic hydroxyl groups is 1. The number of aliphatic imine (C=N–C) groups is 1. The Labute approximate surface area is 169 Å². The van der Waals surface area contributed by atoms with E-state index in [-0.39, 0.29) is 24.5 Å². The van der Waals surface area contributed by atoms with E-state index in [1.807, 2.05) is 0 Å². The fourth-order valence-corrected chi connectivity index (χ4v) is 2.99. The average molecular weight is 414 g/mol. The Kier molecular flexibility index (Phi) is 5.10. The number of hydrogen-bond donors (Lipinski definition) is 1. The highest BCUT2D eigenvalue weighted by Gasteiger charge is 2.24. The third-order valence-corrected chi connectivity index (χ3v) is 4.63. The molecule has 0 unspecified atom stereocenters. The summed E-state index contributed by atoms with van der Waals surface area (Å²) >= 11 is 5.95. The molecule has 29 heavy (non-hydrogen) atoms. The van der Waals surface area contributed by atoms with Crippen molar-refractivity contribution in [3.05, 3.63) is 63.7 Å². The second-order valence-corrected chi connectivity index (χ2v) is 6.91. The number of ether oxygens (including phenoxy) is 1. The quantitative estimate of drug-likeness (QED) is 0.691. The zero-order valence-corrected chi connectivity index (χ0v) is 16.1. The average Bonchev–Trinajstić information content (AvgIpc) is 3.31. The summed E-state index contributed by atoms with van der Waals surface area (Å²) in [4.78, 5) is 29.6. The van der Waals surface area contributed by atoms with Crippen molar-refractivity contribution >= 4 is 23.2 Å². The number of aryl methyl sites for hydroxylation is 1. The van der Waals surface area contributed by atoms with Gasteiger partial charge in [0.25, 0.3) is 11.5 Å². The van der Waals surface area contributed by atoms with Crippen molar-refractivity contribution < 1.29 is 14.6 Å². The summed E-state index contributed by atoms with van der Waals surface area (Å²) in [5, 5.41) is 18.8. The molecule has 10 heteroatoms. The van der Waals surface area contributed by atoms with Gasteiger partial charge in [-0.3, -0.25) is 14.3 Å². The lowest BCUT2D eigenvalue weighted by atomic mass is 10.1. The molecule has 1 atom stereocenters. The topological polar surface area (TPSA) is 112 Å². The number of halogens is 1. The molecule has 0 bridgehead atoms. The van der Waals surface area contributed by atoms with Gasteiger partial charge in [-0.15, -0.1) is 0 Å². The van der Waals surface area contributed by atoms with Gasteiger partial charge in [0, 0.05) is 17.6 Å². The minimum Gasteiger partial charge on any atom is -0.385 e. The highest BCUT2D eigenvalue weighted by molar-refractivity contribution is 6.30. The maximum Gasteiger partial charge on any atom is 0.284 e. The first kappa shape index (κ1) is 19.2. The van der Waals surface area contributed by atoms with Gasteiger partial charge in [0.1, 0.15) is 17.4 Å². The third kappa shape index (κ3) is 3.88. The molecule has 3 heterocycles. The van der Waals surface area contributed by atoms with Gasteiger partial charge in [-0.25, -0.2) is 4.99 Å². The molecule has 1 fully saturated rings. The second kappa shape index (κ2) is 7.70. The first-order valence-electron chi connectivity index (χ1n) is 8.69. The minimum atomic E-state index is -0.961. The van der Waals surface area contributed by atoms with E-state index >= 15 is 0 Å². The van der Waals surface area contributed by atoms with Crippen molar-refractivity contribution in [1.82, 2.24) is 19.6 Å². The molecule has 1 aromatic carbocycles. The van der Waals surface area contributed by atoms with Crippen LogP contribution in [0.3, 0.4) is 0 Å². The summed E-state index contributed by atoms with van der Waals surface area (Å²) in [6.07, 6.45) is 2.11. The van der Waals surface area contributed by atoms with Crippen molar-refractivity contribution in [1.29, 1.82) is 0 Å². The van der Waals surface area contributed by atoms with E-state index in [0.717, 1.165) is 4.68 Å². The van der Waals surface area contributed by atoms with Crippen LogP contribution in [0.5, 0.6) is 0 Å². The highest BCUT2D eigenvalue weighted by atomic mass is 35.5. The molecular formula is C19H16ClN5O4. The second-order valence-electron chi connectivity index (χ2n) is 6.48. The number of benzene rings is 1. The van der Waals surface area contributed by atoms with Crippen molar-refractivity contribution in [3.8, 4) is 16.9 Å². The highest BCUT2D eigenvalue weighted by Crippen LogP contribution is 2.20. The van der Waals surface area contributed by atoms with Crippen molar-refractivity contribution in [2.24, 2.45) is 12.0 Å². The third-order valence-electron chi connectivity index (χ3n) is 4.37. The normalized spacial score (nSPS) is 17.8. The predicted molar refractivity (Wildman–Crippen MR) is 106 cm³/mol. The van der Waals surface area contributed by atoms with E-state index < -0.39 is 17.6 Å². The van der Waals surface area contributed by atoms with Crippen LogP contribution >= 0.6 is 11.6 Å². The number of amides is 1. The zero-order valence-electron chi connectivity index (χ0n) is 15.3. The van der Waals surface area contributed by atoms with E-state index in [4.69, 9.17) is 16.3 Å². The van der Waals surface area contributed by atoms with Gasteiger partial charge >= 0.3 is 0 Å². The van der Waals surface area contributed by atoms with Gasteiger partial charge in [-0.05, 0) is 18.2 Å². The van der Waals surface area contributed by atoms with Crippen LogP contribution < -0.4 is 5.56 Å². The molecule has 0 saturated carbocycles. The standard InChI is InChI=1S/C19H16ClN5O4/c1-24-8-13(7-21-24)25-19(28)14(18(27)22-16-9-29-10-17(16)26)6-15(23-25)11-2-4-12(20)5-3-11/h2-8,17,26H,9-10H2,1H3/t17-/m0/s1. The van der Waals surface area contributed by atoms with Crippen LogP contribution in [0.4, 0.5) is 0 Å². The van der Waals surface area contributed by atoms with Crippen LogP contribution in [0.2, 0.25) is 5.02 Å². The fourth-order valence-electron chi connectivity index (χ4n) is 2.87. The van der Waals surface area contributed by atoms with Gasteiger partial charge in [0.15, 0.2) is 0 Å². The van der Waals surface area contributed by atoms with Crippen molar-refractivity contribution in [3.63, 3.8) is 0 Å². The Morgan fingerprint density at radius 3 is 2.72 bits per heavy atom. The Balaban J connectivity index is 1.87. The number of carbonyl (C=O) groups is 1. The summed E-state index contributed by atoms with van der Waals surface area (Å²) < 4.78 is 7.71. The monoisotopic (exact) mass is 413 g/mol. The molecule has 0 radical (unpaired) electrons. The van der Waals surface area contributed by atoms with E-state index in [2.05, 4.69) is 15.2 Å². The van der Waals surface area contributed by atoms with Crippen LogP contribution in [0.1, 0.15) is 10.4 Å². The molecular weight excluding hydrogens is 398 g/mol. The Bertz CT molecular complexity index is 1170. The maximum atomic E-state index is 13.0. The molecule has 148 valence electrons. The van der Waals surface area contributed by atoms with E-state index in [1.54, 1.807) is 37.5 Å². The lowest BCUT2D eigenvalue weighted by Gasteiger charge is -2.08. The number of carbonyl (C=O) groups excluding carboxylic acids is 1. The number of aliphatic hydroxyl groups excluding tert-OH is 1. The summed E-state index contributed by atoms with van der Waals surface area (Å²) in [6, 6.07) is 8.22. The smallest absolute Gasteiger partial charge is 0.284 e. The first-order chi connectivity index (χ1) is 13.9. The Hall–Kier alpha value is -3.14. The predicted octanol–water partition coefficient (Wildman–Crippen LogP) is 1.26. The maximum absolute atomic E-state index is 13.0. The zero-order chi connectivity index (χ0) is 20.5. The van der Waals surface area contributed by atoms with Crippen LogP contribution in [0.15, 0.2) is 52.5 Å². The molecule has 0 aliphatic carbocycles. The van der Waals surface area contributed by atoms with Crippen LogP contribution in [-0.2, 0) is 11.8 Å². The lowest BCUT2D eigenvalue weighted by Crippen LogP contribution is -2.28. The van der Waals surface area contributed by atoms with E-state index in [1.165, 1.54) is 16.9 Å². The van der Waals surface area contributed by atoms with Crippen LogP contribution in [0, 0.1) is 0 Å². The lowest BCUT2D eigenvalue weighted by molar-refractivity contribution is 0.0999. The van der Waals surface area contributed by atoms with Gasteiger partial charge in [0.05, 0.1) is 37.0 Å². The number of hydrogen-bond acceptors (Lipinski definition) is 6. The summed E-state index contributed by atoms with van der Waals surface area (Å²) in [7, 11) is 1.71. The van der Waals surface area contributed by atoms with Gasteiger partial charge in [-0.2, -0.15) is 14.9 Å². The molecule has 4 rings (SSSR count). The number of nitrogens with zero attached hydrogens (tertiary/aromatic N) is 5. The number of aromatic nitrogens is 4. The molecule has 3 aromatic rings. The van der Waals surface area contributed by atoms with E-state index in [0.29, 0.717) is 22.0 Å². The molecule has 1 N–H and O–H groups in total. The molecule has 9 nitrogen and oxygen atoms in total.